The Bertz CT molecular complexity index is 339. The van der Waals surface area contributed by atoms with E-state index in [0.29, 0.717) is 31.8 Å². The van der Waals surface area contributed by atoms with E-state index < -0.39 is 5.92 Å². The van der Waals surface area contributed by atoms with Gasteiger partial charge in [-0.15, -0.1) is 0 Å². The minimum Gasteiger partial charge on any atom is -0.339 e. The number of amides is 1. The molecule has 0 aliphatic heterocycles. The van der Waals surface area contributed by atoms with Crippen molar-refractivity contribution in [3.8, 4) is 0 Å². The zero-order valence-electron chi connectivity index (χ0n) is 12.3. The van der Waals surface area contributed by atoms with Crippen molar-refractivity contribution in [1.82, 2.24) is 4.90 Å². The van der Waals surface area contributed by atoms with Crippen LogP contribution in [0.4, 0.5) is 8.78 Å². The summed E-state index contributed by atoms with van der Waals surface area (Å²) in [4.78, 5) is 14.5. The van der Waals surface area contributed by atoms with Crippen LogP contribution >= 0.6 is 0 Å². The Labute approximate surface area is 119 Å². The Morgan fingerprint density at radius 1 is 1.25 bits per heavy atom. The van der Waals surface area contributed by atoms with Gasteiger partial charge in [0.25, 0.3) is 0 Å². The van der Waals surface area contributed by atoms with E-state index >= 15 is 0 Å². The lowest BCUT2D eigenvalue weighted by atomic mass is 9.85. The van der Waals surface area contributed by atoms with Gasteiger partial charge in [-0.1, -0.05) is 6.42 Å². The lowest BCUT2D eigenvalue weighted by molar-refractivity contribution is -0.142. The van der Waals surface area contributed by atoms with Crippen molar-refractivity contribution in [3.05, 3.63) is 0 Å². The molecular weight excluding hydrogens is 262 g/mol. The maximum Gasteiger partial charge on any atom is 0.248 e. The van der Waals surface area contributed by atoms with Crippen molar-refractivity contribution in [2.24, 2.45) is 17.6 Å². The predicted molar refractivity (Wildman–Crippen MR) is 74.5 cm³/mol. The molecule has 0 aromatic rings. The van der Waals surface area contributed by atoms with Gasteiger partial charge in [0, 0.05) is 31.3 Å². The van der Waals surface area contributed by atoms with Gasteiger partial charge < -0.3 is 10.6 Å². The van der Waals surface area contributed by atoms with Crippen LogP contribution in [-0.4, -0.2) is 35.9 Å². The number of alkyl halides is 2. The minimum absolute atomic E-state index is 0.0772. The number of nitrogens with two attached hydrogens (primary N) is 1. The summed E-state index contributed by atoms with van der Waals surface area (Å²) in [5.41, 5.74) is 5.79. The quantitative estimate of drug-likeness (QED) is 0.864. The topological polar surface area (TPSA) is 46.3 Å². The lowest BCUT2D eigenvalue weighted by Gasteiger charge is -2.36. The molecule has 2 unspecified atom stereocenters. The highest BCUT2D eigenvalue weighted by atomic mass is 19.3. The Morgan fingerprint density at radius 2 is 1.90 bits per heavy atom. The third-order valence-electron chi connectivity index (χ3n) is 5.01. The summed E-state index contributed by atoms with van der Waals surface area (Å²) in [5.74, 6) is -2.33. The zero-order valence-corrected chi connectivity index (χ0v) is 12.3. The van der Waals surface area contributed by atoms with E-state index in [-0.39, 0.29) is 30.7 Å². The first-order valence-corrected chi connectivity index (χ1v) is 7.87. The van der Waals surface area contributed by atoms with Crippen LogP contribution < -0.4 is 5.73 Å². The highest BCUT2D eigenvalue weighted by Gasteiger charge is 2.41. The van der Waals surface area contributed by atoms with Gasteiger partial charge >= 0.3 is 0 Å². The van der Waals surface area contributed by atoms with Crippen molar-refractivity contribution in [2.45, 2.75) is 63.8 Å². The molecule has 2 aliphatic carbocycles. The molecule has 20 heavy (non-hydrogen) atoms. The Kier molecular flexibility index (Phi) is 4.99. The predicted octanol–water partition coefficient (Wildman–Crippen LogP) is 2.79. The molecule has 2 saturated carbocycles. The van der Waals surface area contributed by atoms with Crippen LogP contribution in [0.1, 0.15) is 51.9 Å². The van der Waals surface area contributed by atoms with Gasteiger partial charge in [-0.25, -0.2) is 8.78 Å². The van der Waals surface area contributed by atoms with Crippen molar-refractivity contribution in [1.29, 1.82) is 0 Å². The van der Waals surface area contributed by atoms with Crippen LogP contribution in [0.15, 0.2) is 0 Å². The maximum atomic E-state index is 13.2. The molecule has 116 valence electrons. The SMILES string of the molecule is CCN(C(=O)C1CCC(F)(F)CC1)C1CCCC1CN. The summed E-state index contributed by atoms with van der Waals surface area (Å²) < 4.78 is 26.4. The molecule has 5 heteroatoms. The van der Waals surface area contributed by atoms with E-state index in [9.17, 15) is 13.6 Å². The second kappa shape index (κ2) is 6.37. The van der Waals surface area contributed by atoms with Gasteiger partial charge in [0.15, 0.2) is 0 Å². The number of halogens is 2. The molecule has 2 fully saturated rings. The Hall–Kier alpha value is -0.710. The van der Waals surface area contributed by atoms with Crippen molar-refractivity contribution in [3.63, 3.8) is 0 Å². The Morgan fingerprint density at radius 3 is 2.45 bits per heavy atom. The molecule has 2 aliphatic rings. The molecular formula is C15H26F2N2O. The number of hydrogen-bond donors (Lipinski definition) is 1. The second-order valence-corrected chi connectivity index (χ2v) is 6.25. The van der Waals surface area contributed by atoms with Gasteiger partial charge in [0.05, 0.1) is 0 Å². The molecule has 0 bridgehead atoms. The lowest BCUT2D eigenvalue weighted by Crippen LogP contribution is -2.47. The van der Waals surface area contributed by atoms with E-state index in [2.05, 4.69) is 0 Å². The van der Waals surface area contributed by atoms with Crippen LogP contribution in [0, 0.1) is 11.8 Å². The summed E-state index contributed by atoms with van der Waals surface area (Å²) in [7, 11) is 0. The summed E-state index contributed by atoms with van der Waals surface area (Å²) >= 11 is 0. The van der Waals surface area contributed by atoms with E-state index in [1.807, 2.05) is 11.8 Å². The van der Waals surface area contributed by atoms with Gasteiger partial charge in [0.2, 0.25) is 11.8 Å². The highest BCUT2D eigenvalue weighted by Crippen LogP contribution is 2.38. The summed E-state index contributed by atoms with van der Waals surface area (Å²) in [6, 6.07) is 0.222. The molecule has 2 atom stereocenters. The average Bonchev–Trinajstić information content (AvgIpc) is 2.87. The van der Waals surface area contributed by atoms with Crippen LogP contribution in [0.2, 0.25) is 0 Å². The molecule has 0 aromatic heterocycles. The number of rotatable bonds is 4. The van der Waals surface area contributed by atoms with E-state index in [0.717, 1.165) is 19.3 Å². The van der Waals surface area contributed by atoms with Crippen LogP contribution in [0.25, 0.3) is 0 Å². The van der Waals surface area contributed by atoms with Gasteiger partial charge in [0.1, 0.15) is 0 Å². The smallest absolute Gasteiger partial charge is 0.248 e. The van der Waals surface area contributed by atoms with Crippen LogP contribution in [0.3, 0.4) is 0 Å². The fourth-order valence-electron chi connectivity index (χ4n) is 3.78. The molecule has 0 radical (unpaired) electrons. The van der Waals surface area contributed by atoms with E-state index in [1.165, 1.54) is 0 Å². The summed E-state index contributed by atoms with van der Waals surface area (Å²) in [6.07, 6.45) is 3.54. The highest BCUT2D eigenvalue weighted by molar-refractivity contribution is 5.79. The van der Waals surface area contributed by atoms with Crippen molar-refractivity contribution < 1.29 is 13.6 Å². The molecule has 0 saturated heterocycles. The third kappa shape index (κ3) is 3.30. The maximum absolute atomic E-state index is 13.2. The van der Waals surface area contributed by atoms with E-state index in [4.69, 9.17) is 5.73 Å². The largest absolute Gasteiger partial charge is 0.339 e. The van der Waals surface area contributed by atoms with Gasteiger partial charge in [-0.3, -0.25) is 4.79 Å². The van der Waals surface area contributed by atoms with Crippen molar-refractivity contribution >= 4 is 5.91 Å². The fraction of sp³-hybridized carbons (Fsp3) is 0.933. The van der Waals surface area contributed by atoms with Gasteiger partial charge in [-0.05, 0) is 45.1 Å². The fourth-order valence-corrected chi connectivity index (χ4v) is 3.78. The first-order chi connectivity index (χ1) is 9.48. The number of nitrogens with zero attached hydrogens (tertiary/aromatic N) is 1. The molecule has 1 amide bonds. The molecule has 2 rings (SSSR count). The zero-order chi connectivity index (χ0) is 14.8. The van der Waals surface area contributed by atoms with Crippen molar-refractivity contribution in [2.75, 3.05) is 13.1 Å². The Balaban J connectivity index is 1.99. The minimum atomic E-state index is -2.57. The van der Waals surface area contributed by atoms with Crippen LogP contribution in [-0.2, 0) is 4.79 Å². The molecule has 0 heterocycles. The van der Waals surface area contributed by atoms with E-state index in [1.54, 1.807) is 0 Å². The number of carbonyl (C=O) groups is 1. The summed E-state index contributed by atoms with van der Waals surface area (Å²) in [5, 5.41) is 0. The first-order valence-electron chi connectivity index (χ1n) is 7.87. The van der Waals surface area contributed by atoms with Crippen LogP contribution in [0.5, 0.6) is 0 Å². The average molecular weight is 288 g/mol. The number of carbonyl (C=O) groups excluding carboxylic acids is 1. The molecule has 3 nitrogen and oxygen atoms in total. The normalized spacial score (nSPS) is 30.4. The van der Waals surface area contributed by atoms with Gasteiger partial charge in [-0.2, -0.15) is 0 Å². The number of hydrogen-bond acceptors (Lipinski definition) is 2. The molecule has 0 aromatic carbocycles. The first kappa shape index (κ1) is 15.7. The molecule has 0 spiro atoms. The second-order valence-electron chi connectivity index (χ2n) is 6.25. The standard InChI is InChI=1S/C15H26F2N2O/c1-2-19(13-5-3-4-12(13)10-18)14(20)11-6-8-15(16,17)9-7-11/h11-13H,2-10,18H2,1H3. The monoisotopic (exact) mass is 288 g/mol. The molecule has 2 N–H and O–H groups in total. The summed E-state index contributed by atoms with van der Waals surface area (Å²) in [6.45, 7) is 3.24. The third-order valence-corrected chi connectivity index (χ3v) is 5.01.